The van der Waals surface area contributed by atoms with E-state index < -0.39 is 0 Å². The van der Waals surface area contributed by atoms with Gasteiger partial charge in [0.05, 0.1) is 39.7 Å². The van der Waals surface area contributed by atoms with Crippen molar-refractivity contribution in [1.29, 1.82) is 0 Å². The molecule has 1 aromatic carbocycles. The second-order valence-corrected chi connectivity index (χ2v) is 7.00. The quantitative estimate of drug-likeness (QED) is 0.785. The normalized spacial score (nSPS) is 11.2. The fourth-order valence-corrected chi connectivity index (χ4v) is 3.15. The summed E-state index contributed by atoms with van der Waals surface area (Å²) in [6.07, 6.45) is 0. The van der Waals surface area contributed by atoms with Crippen LogP contribution in [0.1, 0.15) is 52.2 Å². The number of carbonyl (C=O) groups excluding carboxylic acids is 1. The minimum Gasteiger partial charge on any atom is -0.346 e. The van der Waals surface area contributed by atoms with Crippen molar-refractivity contribution < 1.29 is 4.79 Å². The lowest BCUT2D eigenvalue weighted by Crippen LogP contribution is -2.23. The van der Waals surface area contributed by atoms with Crippen molar-refractivity contribution >= 4 is 28.3 Å². The summed E-state index contributed by atoms with van der Waals surface area (Å²) in [7, 11) is 0. The first-order valence-corrected chi connectivity index (χ1v) is 8.79. The van der Waals surface area contributed by atoms with Gasteiger partial charge >= 0.3 is 0 Å². The van der Waals surface area contributed by atoms with Gasteiger partial charge in [-0.3, -0.25) is 4.79 Å². The maximum absolute atomic E-state index is 12.4. The van der Waals surface area contributed by atoms with Gasteiger partial charge in [0.15, 0.2) is 0 Å². The van der Waals surface area contributed by atoms with Gasteiger partial charge in [-0.15, -0.1) is 11.3 Å². The standard InChI is InChI=1S/C18H20N4OS/c1-10(2)18-22-14(9-24-18)8-19-17(23)13-5-6-15-16(7-13)21-12(4)11(3)20-15/h5-7,9-10H,8H2,1-4H3,(H,19,23). The van der Waals surface area contributed by atoms with Crippen molar-refractivity contribution in [2.45, 2.75) is 40.2 Å². The number of aryl methyl sites for hydroxylation is 2. The van der Waals surface area contributed by atoms with Crippen LogP contribution in [-0.2, 0) is 6.54 Å². The van der Waals surface area contributed by atoms with E-state index in [-0.39, 0.29) is 5.91 Å². The van der Waals surface area contributed by atoms with Gasteiger partial charge in [-0.1, -0.05) is 13.8 Å². The number of nitrogens with zero attached hydrogens (tertiary/aromatic N) is 3. The Morgan fingerprint density at radius 1 is 1.12 bits per heavy atom. The van der Waals surface area contributed by atoms with Crippen molar-refractivity contribution in [2.75, 3.05) is 0 Å². The maximum Gasteiger partial charge on any atom is 0.251 e. The third kappa shape index (κ3) is 3.43. The molecule has 1 amide bonds. The Bertz CT molecular complexity index is 901. The molecule has 6 heteroatoms. The van der Waals surface area contributed by atoms with Crippen LogP contribution in [0.4, 0.5) is 0 Å². The van der Waals surface area contributed by atoms with Gasteiger partial charge in [0.1, 0.15) is 0 Å². The molecule has 0 spiro atoms. The minimum atomic E-state index is -0.129. The predicted octanol–water partition coefficient (Wildman–Crippen LogP) is 3.76. The minimum absolute atomic E-state index is 0.129. The lowest BCUT2D eigenvalue weighted by Gasteiger charge is -2.06. The molecule has 0 unspecified atom stereocenters. The summed E-state index contributed by atoms with van der Waals surface area (Å²) in [5, 5.41) is 6.00. The van der Waals surface area contributed by atoms with Crippen LogP contribution in [0.5, 0.6) is 0 Å². The second-order valence-electron chi connectivity index (χ2n) is 6.11. The van der Waals surface area contributed by atoms with Crippen LogP contribution < -0.4 is 5.32 Å². The van der Waals surface area contributed by atoms with E-state index in [4.69, 9.17) is 0 Å². The van der Waals surface area contributed by atoms with Gasteiger partial charge in [0.25, 0.3) is 5.91 Å². The molecule has 0 saturated heterocycles. The monoisotopic (exact) mass is 340 g/mol. The third-order valence-corrected chi connectivity index (χ3v) is 5.03. The van der Waals surface area contributed by atoms with E-state index in [1.807, 2.05) is 25.3 Å². The van der Waals surface area contributed by atoms with Crippen LogP contribution in [0.15, 0.2) is 23.6 Å². The number of benzene rings is 1. The van der Waals surface area contributed by atoms with Crippen molar-refractivity contribution in [3.8, 4) is 0 Å². The number of fused-ring (bicyclic) bond motifs is 1. The molecule has 0 aliphatic rings. The maximum atomic E-state index is 12.4. The molecule has 24 heavy (non-hydrogen) atoms. The summed E-state index contributed by atoms with van der Waals surface area (Å²) in [4.78, 5) is 25.9. The molecule has 2 heterocycles. The molecule has 0 aliphatic heterocycles. The fourth-order valence-electron chi connectivity index (χ4n) is 2.31. The Morgan fingerprint density at radius 3 is 2.50 bits per heavy atom. The number of amides is 1. The predicted molar refractivity (Wildman–Crippen MR) is 96.4 cm³/mol. The van der Waals surface area contributed by atoms with E-state index in [1.165, 1.54) is 0 Å². The van der Waals surface area contributed by atoms with Gasteiger partial charge in [0, 0.05) is 16.9 Å². The highest BCUT2D eigenvalue weighted by atomic mass is 32.1. The van der Waals surface area contributed by atoms with Gasteiger partial charge in [-0.2, -0.15) is 0 Å². The van der Waals surface area contributed by atoms with Crippen LogP contribution in [0.2, 0.25) is 0 Å². The van der Waals surface area contributed by atoms with E-state index in [1.54, 1.807) is 23.5 Å². The Labute approximate surface area is 145 Å². The zero-order valence-electron chi connectivity index (χ0n) is 14.3. The Balaban J connectivity index is 1.74. The molecule has 0 fully saturated rings. The summed E-state index contributed by atoms with van der Waals surface area (Å²) in [6, 6.07) is 5.40. The van der Waals surface area contributed by atoms with Gasteiger partial charge in [-0.25, -0.2) is 15.0 Å². The molecule has 0 aliphatic carbocycles. The smallest absolute Gasteiger partial charge is 0.251 e. The molecule has 5 nitrogen and oxygen atoms in total. The highest BCUT2D eigenvalue weighted by Crippen LogP contribution is 2.19. The molecular weight excluding hydrogens is 320 g/mol. The molecule has 2 aromatic heterocycles. The average molecular weight is 340 g/mol. The zero-order chi connectivity index (χ0) is 17.3. The molecule has 3 rings (SSSR count). The largest absolute Gasteiger partial charge is 0.346 e. The molecule has 0 radical (unpaired) electrons. The summed E-state index contributed by atoms with van der Waals surface area (Å²) in [5.74, 6) is 0.279. The summed E-state index contributed by atoms with van der Waals surface area (Å²) in [6.45, 7) is 8.51. The molecule has 124 valence electrons. The van der Waals surface area contributed by atoms with E-state index >= 15 is 0 Å². The highest BCUT2D eigenvalue weighted by molar-refractivity contribution is 7.09. The van der Waals surface area contributed by atoms with Crippen LogP contribution in [0.25, 0.3) is 11.0 Å². The van der Waals surface area contributed by atoms with E-state index in [2.05, 4.69) is 34.1 Å². The van der Waals surface area contributed by atoms with Crippen LogP contribution in [0.3, 0.4) is 0 Å². The zero-order valence-corrected chi connectivity index (χ0v) is 15.1. The number of hydrogen-bond donors (Lipinski definition) is 1. The first-order valence-electron chi connectivity index (χ1n) is 7.91. The lowest BCUT2D eigenvalue weighted by atomic mass is 10.1. The van der Waals surface area contributed by atoms with Gasteiger partial charge < -0.3 is 5.32 Å². The highest BCUT2D eigenvalue weighted by Gasteiger charge is 2.10. The second kappa shape index (κ2) is 6.65. The molecule has 0 saturated carbocycles. The SMILES string of the molecule is Cc1nc2ccc(C(=O)NCc3csc(C(C)C)n3)cc2nc1C. The first kappa shape index (κ1) is 16.5. The molecule has 0 atom stereocenters. The number of carbonyl (C=O) groups is 1. The lowest BCUT2D eigenvalue weighted by molar-refractivity contribution is 0.0950. The molecule has 0 bridgehead atoms. The Morgan fingerprint density at radius 2 is 1.83 bits per heavy atom. The average Bonchev–Trinajstić information content (AvgIpc) is 3.02. The van der Waals surface area contributed by atoms with E-state index in [0.29, 0.717) is 18.0 Å². The van der Waals surface area contributed by atoms with Crippen LogP contribution >= 0.6 is 11.3 Å². The fraction of sp³-hybridized carbons (Fsp3) is 0.333. The van der Waals surface area contributed by atoms with Crippen molar-refractivity contribution in [1.82, 2.24) is 20.3 Å². The van der Waals surface area contributed by atoms with Crippen molar-refractivity contribution in [2.24, 2.45) is 0 Å². The summed E-state index contributed by atoms with van der Waals surface area (Å²) < 4.78 is 0. The number of rotatable bonds is 4. The molecule has 1 N–H and O–H groups in total. The topological polar surface area (TPSA) is 67.8 Å². The van der Waals surface area contributed by atoms with E-state index in [9.17, 15) is 4.79 Å². The number of aromatic nitrogens is 3. The van der Waals surface area contributed by atoms with Crippen LogP contribution in [-0.4, -0.2) is 20.9 Å². The Hall–Kier alpha value is -2.34. The summed E-state index contributed by atoms with van der Waals surface area (Å²) >= 11 is 1.63. The first-order chi connectivity index (χ1) is 11.4. The van der Waals surface area contributed by atoms with Gasteiger partial charge in [0.2, 0.25) is 0 Å². The van der Waals surface area contributed by atoms with Gasteiger partial charge in [-0.05, 0) is 32.0 Å². The summed E-state index contributed by atoms with van der Waals surface area (Å²) in [5.41, 5.74) is 4.80. The number of nitrogens with one attached hydrogen (secondary N) is 1. The third-order valence-electron chi connectivity index (χ3n) is 3.83. The van der Waals surface area contributed by atoms with Crippen molar-refractivity contribution in [3.63, 3.8) is 0 Å². The number of hydrogen-bond acceptors (Lipinski definition) is 5. The molecule has 3 aromatic rings. The molecular formula is C18H20N4OS. The number of thiazole rings is 1. The Kier molecular flexibility index (Phi) is 4.57. The van der Waals surface area contributed by atoms with E-state index in [0.717, 1.165) is 33.1 Å². The van der Waals surface area contributed by atoms with Crippen LogP contribution in [0, 0.1) is 13.8 Å². The van der Waals surface area contributed by atoms with Crippen molar-refractivity contribution in [3.05, 3.63) is 51.2 Å².